The third-order valence-electron chi connectivity index (χ3n) is 3.81. The first-order valence-electron chi connectivity index (χ1n) is 6.91. The fraction of sp³-hybridized carbons (Fsp3) is 0.533. The fourth-order valence-corrected chi connectivity index (χ4v) is 2.53. The first-order chi connectivity index (χ1) is 9.95. The molecular formula is C15H19F2NO3. The molecule has 1 amide bonds. The van der Waals surface area contributed by atoms with Gasteiger partial charge in [0.05, 0.1) is 13.7 Å². The number of rotatable bonds is 4. The van der Waals surface area contributed by atoms with Gasteiger partial charge in [0, 0.05) is 30.0 Å². The summed E-state index contributed by atoms with van der Waals surface area (Å²) in [5.41, 5.74) is 1.09. The highest BCUT2D eigenvalue weighted by atomic mass is 19.3. The Bertz CT molecular complexity index is 510. The van der Waals surface area contributed by atoms with E-state index in [1.165, 1.54) is 7.11 Å². The molecule has 1 aliphatic rings. The number of hydrogen-bond donors (Lipinski definition) is 2. The Balaban J connectivity index is 2.00. The van der Waals surface area contributed by atoms with Crippen LogP contribution in [-0.2, 0) is 11.4 Å². The molecule has 1 fully saturated rings. The number of ether oxygens (including phenoxy) is 1. The van der Waals surface area contributed by atoms with Crippen LogP contribution in [0.2, 0.25) is 0 Å². The van der Waals surface area contributed by atoms with E-state index in [2.05, 4.69) is 5.32 Å². The molecule has 0 spiro atoms. The summed E-state index contributed by atoms with van der Waals surface area (Å²) in [7, 11) is 1.49. The molecular weight excluding hydrogens is 280 g/mol. The zero-order chi connectivity index (χ0) is 15.5. The normalized spacial score (nSPS) is 18.3. The van der Waals surface area contributed by atoms with Crippen LogP contribution in [-0.4, -0.2) is 24.0 Å². The van der Waals surface area contributed by atoms with Gasteiger partial charge in [-0.3, -0.25) is 4.79 Å². The number of carbonyl (C=O) groups is 1. The average Bonchev–Trinajstić information content (AvgIpc) is 2.46. The summed E-state index contributed by atoms with van der Waals surface area (Å²) in [6, 6.07) is 4.93. The Morgan fingerprint density at radius 2 is 2.10 bits per heavy atom. The Hall–Kier alpha value is -1.69. The minimum atomic E-state index is -2.64. The van der Waals surface area contributed by atoms with Crippen LogP contribution in [0.3, 0.4) is 0 Å². The van der Waals surface area contributed by atoms with Gasteiger partial charge in [0.15, 0.2) is 0 Å². The number of anilines is 1. The average molecular weight is 299 g/mol. The van der Waals surface area contributed by atoms with Crippen molar-refractivity contribution in [2.75, 3.05) is 12.4 Å². The molecule has 0 saturated heterocycles. The van der Waals surface area contributed by atoms with E-state index in [4.69, 9.17) is 4.74 Å². The van der Waals surface area contributed by atoms with E-state index in [9.17, 15) is 18.7 Å². The molecule has 1 saturated carbocycles. The zero-order valence-electron chi connectivity index (χ0n) is 11.9. The maximum Gasteiger partial charge on any atom is 0.248 e. The number of methoxy groups -OCH3 is 1. The quantitative estimate of drug-likeness (QED) is 0.898. The molecule has 0 heterocycles. The van der Waals surface area contributed by atoms with E-state index in [0.29, 0.717) is 17.0 Å². The monoisotopic (exact) mass is 299 g/mol. The topological polar surface area (TPSA) is 58.6 Å². The lowest BCUT2D eigenvalue weighted by Crippen LogP contribution is -2.31. The summed E-state index contributed by atoms with van der Waals surface area (Å²) in [6.45, 7) is -0.206. The van der Waals surface area contributed by atoms with Gasteiger partial charge in [0.1, 0.15) is 5.75 Å². The van der Waals surface area contributed by atoms with Gasteiger partial charge >= 0.3 is 0 Å². The maximum atomic E-state index is 13.1. The highest BCUT2D eigenvalue weighted by molar-refractivity contribution is 5.92. The summed E-state index contributed by atoms with van der Waals surface area (Å²) in [5.74, 6) is -2.74. The van der Waals surface area contributed by atoms with E-state index in [-0.39, 0.29) is 44.1 Å². The number of benzene rings is 1. The van der Waals surface area contributed by atoms with Crippen LogP contribution in [0.25, 0.3) is 0 Å². The Labute approximate surface area is 122 Å². The number of hydrogen-bond acceptors (Lipinski definition) is 3. The molecule has 6 heteroatoms. The minimum Gasteiger partial charge on any atom is -0.496 e. The van der Waals surface area contributed by atoms with Crippen molar-refractivity contribution in [2.45, 2.75) is 38.2 Å². The zero-order valence-corrected chi connectivity index (χ0v) is 11.9. The number of alkyl halides is 2. The van der Waals surface area contributed by atoms with Crippen LogP contribution < -0.4 is 10.1 Å². The Morgan fingerprint density at radius 1 is 1.43 bits per heavy atom. The molecule has 21 heavy (non-hydrogen) atoms. The summed E-state index contributed by atoms with van der Waals surface area (Å²) < 4.78 is 31.2. The highest BCUT2D eigenvalue weighted by Crippen LogP contribution is 2.36. The van der Waals surface area contributed by atoms with Crippen molar-refractivity contribution in [1.29, 1.82) is 0 Å². The van der Waals surface area contributed by atoms with E-state index < -0.39 is 5.92 Å². The summed E-state index contributed by atoms with van der Waals surface area (Å²) in [4.78, 5) is 12.1. The van der Waals surface area contributed by atoms with Gasteiger partial charge in [0.25, 0.3) is 0 Å². The third-order valence-corrected chi connectivity index (χ3v) is 3.81. The Morgan fingerprint density at radius 3 is 2.67 bits per heavy atom. The predicted molar refractivity (Wildman–Crippen MR) is 74.5 cm³/mol. The largest absolute Gasteiger partial charge is 0.496 e. The summed E-state index contributed by atoms with van der Waals surface area (Å²) in [6.07, 6.45) is -0.0884. The molecule has 2 rings (SSSR count). The van der Waals surface area contributed by atoms with Crippen molar-refractivity contribution >= 4 is 11.6 Å². The second kappa shape index (κ2) is 6.39. The van der Waals surface area contributed by atoms with Gasteiger partial charge in [-0.2, -0.15) is 0 Å². The molecule has 0 bridgehead atoms. The van der Waals surface area contributed by atoms with Crippen molar-refractivity contribution in [3.63, 3.8) is 0 Å². The molecule has 0 aromatic heterocycles. The number of carbonyl (C=O) groups excluding carboxylic acids is 1. The van der Waals surface area contributed by atoms with Gasteiger partial charge in [-0.1, -0.05) is 0 Å². The molecule has 1 aliphatic carbocycles. The van der Waals surface area contributed by atoms with Crippen molar-refractivity contribution in [2.24, 2.45) is 5.92 Å². The SMILES string of the molecule is COc1ccc(NC(=O)C2CCC(F)(F)CC2)cc1CO. The molecule has 0 radical (unpaired) electrons. The van der Waals surface area contributed by atoms with Crippen LogP contribution in [0.1, 0.15) is 31.2 Å². The first kappa shape index (κ1) is 15.7. The lowest BCUT2D eigenvalue weighted by Gasteiger charge is -2.27. The van der Waals surface area contributed by atoms with Crippen molar-refractivity contribution in [1.82, 2.24) is 0 Å². The highest BCUT2D eigenvalue weighted by Gasteiger charge is 2.37. The molecule has 2 N–H and O–H groups in total. The van der Waals surface area contributed by atoms with Gasteiger partial charge in [-0.25, -0.2) is 8.78 Å². The van der Waals surface area contributed by atoms with Crippen LogP contribution in [0, 0.1) is 5.92 Å². The molecule has 1 aromatic carbocycles. The standard InChI is InChI=1S/C15H19F2NO3/c1-21-13-3-2-12(8-11(13)9-19)18-14(20)10-4-6-15(16,17)7-5-10/h2-3,8,10,19H,4-7,9H2,1H3,(H,18,20). The Kier molecular flexibility index (Phi) is 4.77. The fourth-order valence-electron chi connectivity index (χ4n) is 2.53. The molecule has 0 aliphatic heterocycles. The minimum absolute atomic E-state index is 0.196. The van der Waals surface area contributed by atoms with Crippen molar-refractivity contribution < 1.29 is 23.4 Å². The summed E-state index contributed by atoms with van der Waals surface area (Å²) >= 11 is 0. The van der Waals surface area contributed by atoms with Gasteiger partial charge in [-0.15, -0.1) is 0 Å². The van der Waals surface area contributed by atoms with Crippen LogP contribution in [0.4, 0.5) is 14.5 Å². The summed E-state index contributed by atoms with van der Waals surface area (Å²) in [5, 5.41) is 12.0. The lowest BCUT2D eigenvalue weighted by atomic mass is 9.86. The second-order valence-electron chi connectivity index (χ2n) is 5.30. The number of aliphatic hydroxyl groups is 1. The van der Waals surface area contributed by atoms with E-state index in [1.54, 1.807) is 18.2 Å². The smallest absolute Gasteiger partial charge is 0.248 e. The first-order valence-corrected chi connectivity index (χ1v) is 6.91. The van der Waals surface area contributed by atoms with E-state index in [1.807, 2.05) is 0 Å². The molecule has 4 nitrogen and oxygen atoms in total. The number of halogens is 2. The molecule has 0 atom stereocenters. The number of nitrogens with one attached hydrogen (secondary N) is 1. The van der Waals surface area contributed by atoms with Gasteiger partial charge < -0.3 is 15.2 Å². The van der Waals surface area contributed by atoms with Crippen molar-refractivity contribution in [3.8, 4) is 5.75 Å². The van der Waals surface area contributed by atoms with Crippen molar-refractivity contribution in [3.05, 3.63) is 23.8 Å². The number of amides is 1. The van der Waals surface area contributed by atoms with E-state index >= 15 is 0 Å². The second-order valence-corrected chi connectivity index (χ2v) is 5.30. The van der Waals surface area contributed by atoms with Crippen LogP contribution in [0.15, 0.2) is 18.2 Å². The molecule has 0 unspecified atom stereocenters. The predicted octanol–water partition coefficient (Wildman–Crippen LogP) is 2.95. The van der Waals surface area contributed by atoms with Gasteiger partial charge in [0.2, 0.25) is 11.8 Å². The van der Waals surface area contributed by atoms with Crippen LogP contribution >= 0.6 is 0 Å². The van der Waals surface area contributed by atoms with Gasteiger partial charge in [-0.05, 0) is 31.0 Å². The lowest BCUT2D eigenvalue weighted by molar-refractivity contribution is -0.124. The molecule has 1 aromatic rings. The third kappa shape index (κ3) is 3.91. The number of aliphatic hydroxyl groups excluding tert-OH is 1. The maximum absolute atomic E-state index is 13.1. The molecule has 116 valence electrons. The van der Waals surface area contributed by atoms with E-state index in [0.717, 1.165) is 0 Å². The van der Waals surface area contributed by atoms with Crippen LogP contribution in [0.5, 0.6) is 5.75 Å².